The van der Waals surface area contributed by atoms with Gasteiger partial charge in [-0.2, -0.15) is 4.31 Å². The van der Waals surface area contributed by atoms with Gasteiger partial charge in [-0.05, 0) is 23.3 Å². The number of H-pyrrole nitrogens is 1. The zero-order chi connectivity index (χ0) is 22.3. The number of carbonyl (C=O) groups excluding carboxylic acids is 1. The second kappa shape index (κ2) is 8.01. The van der Waals surface area contributed by atoms with Crippen molar-refractivity contribution in [2.75, 3.05) is 11.9 Å². The summed E-state index contributed by atoms with van der Waals surface area (Å²) < 4.78 is 27.4. The Bertz CT molecular complexity index is 1420. The van der Waals surface area contributed by atoms with Crippen LogP contribution in [0.1, 0.15) is 17.0 Å². The number of amides is 1. The largest absolute Gasteiger partial charge is 0.334 e. The van der Waals surface area contributed by atoms with Crippen molar-refractivity contribution in [1.82, 2.24) is 19.3 Å². The molecule has 0 saturated carbocycles. The third kappa shape index (κ3) is 3.64. The van der Waals surface area contributed by atoms with Crippen molar-refractivity contribution in [1.29, 1.82) is 0 Å². The van der Waals surface area contributed by atoms with Crippen molar-refractivity contribution in [3.63, 3.8) is 0 Å². The molecule has 0 aliphatic carbocycles. The van der Waals surface area contributed by atoms with E-state index in [0.29, 0.717) is 21.8 Å². The SMILES string of the molecule is O=C(Nc1cncc2ccccc12)C1CN(S(=O)(=O)c2ncc[nH]2)Cc2ccc(Cl)cc21. The van der Waals surface area contributed by atoms with Crippen LogP contribution in [0, 0.1) is 0 Å². The number of aromatic amines is 1. The number of anilines is 1. The number of imidazole rings is 1. The molecule has 162 valence electrons. The van der Waals surface area contributed by atoms with Gasteiger partial charge in [0.2, 0.25) is 11.1 Å². The lowest BCUT2D eigenvalue weighted by atomic mass is 9.90. The van der Waals surface area contributed by atoms with Gasteiger partial charge in [0, 0.05) is 47.5 Å². The molecule has 0 fully saturated rings. The molecule has 1 aliphatic rings. The van der Waals surface area contributed by atoms with Gasteiger partial charge in [0.25, 0.3) is 10.0 Å². The van der Waals surface area contributed by atoms with Crippen LogP contribution in [0.3, 0.4) is 0 Å². The summed E-state index contributed by atoms with van der Waals surface area (Å²) in [5.74, 6) is -1.10. The first-order valence-corrected chi connectivity index (χ1v) is 11.7. The highest BCUT2D eigenvalue weighted by molar-refractivity contribution is 7.88. The summed E-state index contributed by atoms with van der Waals surface area (Å²) in [6, 6.07) is 12.7. The van der Waals surface area contributed by atoms with Crippen LogP contribution in [0.2, 0.25) is 5.02 Å². The Morgan fingerprint density at radius 3 is 2.84 bits per heavy atom. The maximum Gasteiger partial charge on any atom is 0.277 e. The molecule has 32 heavy (non-hydrogen) atoms. The van der Waals surface area contributed by atoms with E-state index < -0.39 is 15.9 Å². The van der Waals surface area contributed by atoms with Crippen LogP contribution in [-0.2, 0) is 21.4 Å². The zero-order valence-corrected chi connectivity index (χ0v) is 18.3. The molecule has 0 saturated heterocycles. The van der Waals surface area contributed by atoms with Gasteiger partial charge in [-0.25, -0.2) is 13.4 Å². The van der Waals surface area contributed by atoms with Gasteiger partial charge in [0.1, 0.15) is 0 Å². The molecule has 8 nitrogen and oxygen atoms in total. The third-order valence-electron chi connectivity index (χ3n) is 5.52. The van der Waals surface area contributed by atoms with Crippen molar-refractivity contribution in [3.8, 4) is 0 Å². The first-order valence-electron chi connectivity index (χ1n) is 9.85. The number of aromatic nitrogens is 3. The molecule has 2 aromatic carbocycles. The second-order valence-corrected chi connectivity index (χ2v) is 9.77. The van der Waals surface area contributed by atoms with Crippen molar-refractivity contribution in [2.24, 2.45) is 0 Å². The van der Waals surface area contributed by atoms with E-state index in [9.17, 15) is 13.2 Å². The van der Waals surface area contributed by atoms with E-state index in [0.717, 1.165) is 10.8 Å². The number of hydrogen-bond acceptors (Lipinski definition) is 5. The summed E-state index contributed by atoms with van der Waals surface area (Å²) >= 11 is 6.20. The van der Waals surface area contributed by atoms with Crippen LogP contribution in [0.5, 0.6) is 0 Å². The number of benzene rings is 2. The van der Waals surface area contributed by atoms with Crippen molar-refractivity contribution < 1.29 is 13.2 Å². The topological polar surface area (TPSA) is 108 Å². The van der Waals surface area contributed by atoms with E-state index >= 15 is 0 Å². The Balaban J connectivity index is 1.52. The van der Waals surface area contributed by atoms with Crippen LogP contribution in [-0.4, -0.2) is 40.1 Å². The molecular weight excluding hydrogens is 450 g/mol. The van der Waals surface area contributed by atoms with Crippen LogP contribution < -0.4 is 5.32 Å². The maximum atomic E-state index is 13.4. The van der Waals surface area contributed by atoms with Crippen LogP contribution >= 0.6 is 11.6 Å². The molecule has 2 N–H and O–H groups in total. The lowest BCUT2D eigenvalue weighted by molar-refractivity contribution is -0.118. The predicted molar refractivity (Wildman–Crippen MR) is 121 cm³/mol. The number of pyridine rings is 1. The van der Waals surface area contributed by atoms with Gasteiger partial charge in [-0.15, -0.1) is 0 Å². The number of rotatable bonds is 4. The fourth-order valence-electron chi connectivity index (χ4n) is 3.95. The fourth-order valence-corrected chi connectivity index (χ4v) is 5.44. The van der Waals surface area contributed by atoms with E-state index in [4.69, 9.17) is 11.6 Å². The smallest absolute Gasteiger partial charge is 0.277 e. The van der Waals surface area contributed by atoms with Crippen LogP contribution in [0.4, 0.5) is 5.69 Å². The highest BCUT2D eigenvalue weighted by atomic mass is 35.5. The summed E-state index contributed by atoms with van der Waals surface area (Å²) in [5.41, 5.74) is 1.98. The van der Waals surface area contributed by atoms with Gasteiger partial charge in [-0.1, -0.05) is 41.9 Å². The summed E-state index contributed by atoms with van der Waals surface area (Å²) in [4.78, 5) is 24.2. The standard InChI is InChI=1S/C22H18ClN5O3S/c23-16-6-5-15-12-28(32(30,31)22-25-7-8-26-22)13-19(18(15)9-16)21(29)27-20-11-24-10-14-3-1-2-4-17(14)20/h1-11,19H,12-13H2,(H,25,26)(H,27,29). The molecular formula is C22H18ClN5O3S. The highest BCUT2D eigenvalue weighted by Crippen LogP contribution is 2.34. The van der Waals surface area contributed by atoms with Gasteiger partial charge in [-0.3, -0.25) is 9.78 Å². The van der Waals surface area contributed by atoms with Crippen molar-refractivity contribution in [3.05, 3.63) is 83.4 Å². The number of sulfonamides is 1. The summed E-state index contributed by atoms with van der Waals surface area (Å²) in [6.45, 7) is 0.0789. The lowest BCUT2D eigenvalue weighted by Crippen LogP contribution is -2.42. The fraction of sp³-hybridized carbons (Fsp3) is 0.136. The number of carbonyl (C=O) groups is 1. The first-order chi connectivity index (χ1) is 15.4. The number of halogens is 1. The minimum atomic E-state index is -3.90. The van der Waals surface area contributed by atoms with Gasteiger partial charge in [0.15, 0.2) is 0 Å². The minimum absolute atomic E-state index is 0.0413. The molecule has 1 unspecified atom stereocenters. The van der Waals surface area contributed by atoms with Crippen LogP contribution in [0.15, 0.2) is 72.4 Å². The maximum absolute atomic E-state index is 13.4. The zero-order valence-electron chi connectivity index (χ0n) is 16.7. The lowest BCUT2D eigenvalue weighted by Gasteiger charge is -2.32. The predicted octanol–water partition coefficient (Wildman–Crippen LogP) is 3.54. The Morgan fingerprint density at radius 1 is 1.19 bits per heavy atom. The number of fused-ring (bicyclic) bond motifs is 2. The monoisotopic (exact) mass is 467 g/mol. The summed E-state index contributed by atoms with van der Waals surface area (Å²) in [5, 5.41) is 4.99. The van der Waals surface area contributed by atoms with E-state index in [-0.39, 0.29) is 24.2 Å². The Morgan fingerprint density at radius 2 is 2.03 bits per heavy atom. The molecule has 1 amide bonds. The normalized spacial score (nSPS) is 16.6. The second-order valence-electron chi connectivity index (χ2n) is 7.49. The molecule has 1 atom stereocenters. The Hall–Kier alpha value is -3.27. The molecule has 2 aromatic heterocycles. The average molecular weight is 468 g/mol. The number of nitrogens with zero attached hydrogens (tertiary/aromatic N) is 3. The summed E-state index contributed by atoms with van der Waals surface area (Å²) in [6.07, 6.45) is 6.13. The van der Waals surface area contributed by atoms with Crippen LogP contribution in [0.25, 0.3) is 10.8 Å². The molecule has 1 aliphatic heterocycles. The summed E-state index contributed by atoms with van der Waals surface area (Å²) in [7, 11) is -3.90. The Labute approximate surface area is 189 Å². The van der Waals surface area contributed by atoms with E-state index in [1.165, 1.54) is 16.7 Å². The molecule has 10 heteroatoms. The van der Waals surface area contributed by atoms with Gasteiger partial charge >= 0.3 is 0 Å². The van der Waals surface area contributed by atoms with Crippen molar-refractivity contribution in [2.45, 2.75) is 17.6 Å². The van der Waals surface area contributed by atoms with Gasteiger partial charge < -0.3 is 10.3 Å². The third-order valence-corrected chi connectivity index (χ3v) is 7.42. The molecule has 0 radical (unpaired) electrons. The molecule has 0 spiro atoms. The average Bonchev–Trinajstić information content (AvgIpc) is 3.34. The first kappa shape index (κ1) is 20.6. The molecule has 3 heterocycles. The van der Waals surface area contributed by atoms with E-state index in [1.54, 1.807) is 30.6 Å². The minimum Gasteiger partial charge on any atom is -0.334 e. The quantitative estimate of drug-likeness (QED) is 0.477. The van der Waals surface area contributed by atoms with E-state index in [1.807, 2.05) is 24.3 Å². The highest BCUT2D eigenvalue weighted by Gasteiger charge is 2.38. The van der Waals surface area contributed by atoms with Crippen molar-refractivity contribution >= 4 is 44.0 Å². The molecule has 5 rings (SSSR count). The number of hydrogen-bond donors (Lipinski definition) is 2. The van der Waals surface area contributed by atoms with Gasteiger partial charge in [0.05, 0.1) is 17.8 Å². The number of nitrogens with one attached hydrogen (secondary N) is 2. The molecule has 4 aromatic rings. The Kier molecular flexibility index (Phi) is 5.16. The molecule has 0 bridgehead atoms. The van der Waals surface area contributed by atoms with E-state index in [2.05, 4.69) is 20.3 Å².